The molecule has 1 atom stereocenters. The minimum atomic E-state index is -1.21. The number of anilines is 1. The molecule has 2 aromatic carbocycles. The van der Waals surface area contributed by atoms with Gasteiger partial charge < -0.3 is 24.8 Å². The molecule has 6 rings (SSSR count). The number of rotatable bonds is 8. The molecule has 2 aliphatic rings. The summed E-state index contributed by atoms with van der Waals surface area (Å²) >= 11 is 0. The van der Waals surface area contributed by atoms with Crippen LogP contribution in [0.1, 0.15) is 22.7 Å². The largest absolute Gasteiger partial charge is 0.480 e. The molecular weight excluding hydrogens is 512 g/mol. The molecule has 1 aliphatic carbocycles. The average molecular weight is 541 g/mol. The highest BCUT2D eigenvalue weighted by Crippen LogP contribution is 2.44. The predicted molar refractivity (Wildman–Crippen MR) is 146 cm³/mol. The third-order valence-corrected chi connectivity index (χ3v) is 7.17. The minimum Gasteiger partial charge on any atom is -0.480 e. The minimum absolute atomic E-state index is 0.0199. The molecular formula is C29H28N6O5. The second-order valence-electron chi connectivity index (χ2n) is 9.65. The summed E-state index contributed by atoms with van der Waals surface area (Å²) in [5.74, 6) is -0.102. The van der Waals surface area contributed by atoms with E-state index in [2.05, 4.69) is 32.4 Å². The smallest absolute Gasteiger partial charge is 0.407 e. The Morgan fingerprint density at radius 1 is 1.02 bits per heavy atom. The number of carbonyl (C=O) groups excluding carboxylic acids is 1. The van der Waals surface area contributed by atoms with Gasteiger partial charge >= 0.3 is 12.1 Å². The summed E-state index contributed by atoms with van der Waals surface area (Å²) in [6.45, 7) is 2.76. The summed E-state index contributed by atoms with van der Waals surface area (Å²) in [7, 11) is 0. The number of alkyl carbamates (subject to hydrolysis) is 1. The van der Waals surface area contributed by atoms with Crippen molar-refractivity contribution in [2.24, 2.45) is 0 Å². The zero-order chi connectivity index (χ0) is 27.5. The lowest BCUT2D eigenvalue weighted by Crippen LogP contribution is -2.43. The fourth-order valence-electron chi connectivity index (χ4n) is 5.18. The lowest BCUT2D eigenvalue weighted by atomic mass is 9.98. The fourth-order valence-corrected chi connectivity index (χ4v) is 5.18. The quantitative estimate of drug-likeness (QED) is 0.346. The second-order valence-corrected chi connectivity index (χ2v) is 9.65. The SMILES string of the molecule is O=C(N[C@@H](Cc1cn(-c2ccnc(N3CCOCC3)n2)cn1)C(=O)O)OCC1c2ccccc2-c2ccccc21. The van der Waals surface area contributed by atoms with E-state index in [4.69, 9.17) is 9.47 Å². The van der Waals surface area contributed by atoms with Gasteiger partial charge in [0.2, 0.25) is 5.95 Å². The lowest BCUT2D eigenvalue weighted by Gasteiger charge is -2.26. The van der Waals surface area contributed by atoms with Crippen molar-refractivity contribution < 1.29 is 24.2 Å². The molecule has 2 aromatic heterocycles. The number of imidazole rings is 1. The third kappa shape index (κ3) is 5.23. The number of nitrogens with one attached hydrogen (secondary N) is 1. The van der Waals surface area contributed by atoms with Crippen molar-refractivity contribution in [3.63, 3.8) is 0 Å². The van der Waals surface area contributed by atoms with Gasteiger partial charge in [0.05, 0.1) is 18.9 Å². The van der Waals surface area contributed by atoms with Gasteiger partial charge in [0, 0.05) is 37.8 Å². The van der Waals surface area contributed by atoms with E-state index in [0.29, 0.717) is 43.8 Å². The third-order valence-electron chi connectivity index (χ3n) is 7.17. The number of hydrogen-bond donors (Lipinski definition) is 2. The molecule has 3 heterocycles. The highest BCUT2D eigenvalue weighted by molar-refractivity contribution is 5.81. The Bertz CT molecular complexity index is 1490. The molecule has 40 heavy (non-hydrogen) atoms. The first kappa shape index (κ1) is 25.5. The van der Waals surface area contributed by atoms with Crippen LogP contribution >= 0.6 is 0 Å². The summed E-state index contributed by atoms with van der Waals surface area (Å²) in [6, 6.07) is 16.6. The number of aromatic nitrogens is 4. The molecule has 1 fully saturated rings. The molecule has 0 spiro atoms. The monoisotopic (exact) mass is 540 g/mol. The number of fused-ring (bicyclic) bond motifs is 3. The fraction of sp³-hybridized carbons (Fsp3) is 0.276. The molecule has 4 aromatic rings. The van der Waals surface area contributed by atoms with Gasteiger partial charge in [-0.3, -0.25) is 4.57 Å². The van der Waals surface area contributed by atoms with Gasteiger partial charge in [-0.05, 0) is 28.3 Å². The summed E-state index contributed by atoms with van der Waals surface area (Å²) in [5, 5.41) is 12.3. The first-order valence-corrected chi connectivity index (χ1v) is 13.1. The molecule has 2 N–H and O–H groups in total. The van der Waals surface area contributed by atoms with E-state index in [1.165, 1.54) is 0 Å². The van der Waals surface area contributed by atoms with Gasteiger partial charge in [0.25, 0.3) is 0 Å². The second kappa shape index (κ2) is 11.1. The van der Waals surface area contributed by atoms with Gasteiger partial charge in [-0.25, -0.2) is 19.6 Å². The number of amides is 1. The van der Waals surface area contributed by atoms with Crippen LogP contribution in [0.3, 0.4) is 0 Å². The van der Waals surface area contributed by atoms with Crippen LogP contribution in [0.4, 0.5) is 10.7 Å². The van der Waals surface area contributed by atoms with E-state index in [-0.39, 0.29) is 18.9 Å². The van der Waals surface area contributed by atoms with E-state index in [1.54, 1.807) is 29.4 Å². The highest BCUT2D eigenvalue weighted by atomic mass is 16.5. The van der Waals surface area contributed by atoms with Crippen molar-refractivity contribution in [3.8, 4) is 16.9 Å². The van der Waals surface area contributed by atoms with Gasteiger partial charge in [-0.1, -0.05) is 48.5 Å². The number of nitrogens with zero attached hydrogens (tertiary/aromatic N) is 5. The summed E-state index contributed by atoms with van der Waals surface area (Å²) in [6.07, 6.45) is 4.12. The van der Waals surface area contributed by atoms with Gasteiger partial charge in [0.1, 0.15) is 24.8 Å². The molecule has 204 valence electrons. The average Bonchev–Trinajstić information content (AvgIpc) is 3.59. The molecule has 11 nitrogen and oxygen atoms in total. The predicted octanol–water partition coefficient (Wildman–Crippen LogP) is 3.03. The van der Waals surface area contributed by atoms with Crippen molar-refractivity contribution in [3.05, 3.63) is 90.1 Å². The number of hydrogen-bond acceptors (Lipinski definition) is 8. The Labute approximate surface area is 230 Å². The van der Waals surface area contributed by atoms with E-state index in [0.717, 1.165) is 22.3 Å². The number of benzene rings is 2. The molecule has 0 radical (unpaired) electrons. The topological polar surface area (TPSA) is 132 Å². The van der Waals surface area contributed by atoms with Crippen molar-refractivity contribution in [1.82, 2.24) is 24.8 Å². The number of aliphatic carboxylic acids is 1. The van der Waals surface area contributed by atoms with Crippen molar-refractivity contribution in [2.75, 3.05) is 37.8 Å². The number of ether oxygens (including phenoxy) is 2. The normalized spacial score (nSPS) is 15.2. The molecule has 0 bridgehead atoms. The molecule has 11 heteroatoms. The van der Waals surface area contributed by atoms with Crippen LogP contribution in [-0.2, 0) is 20.7 Å². The Morgan fingerprint density at radius 2 is 1.73 bits per heavy atom. The highest BCUT2D eigenvalue weighted by Gasteiger charge is 2.30. The summed E-state index contributed by atoms with van der Waals surface area (Å²) < 4.78 is 12.6. The number of carboxylic acid groups (broad SMARTS) is 1. The number of carbonyl (C=O) groups is 2. The standard InChI is InChI=1S/C29H28N6O5/c36-27(37)25(15-19-16-35(18-31-19)26-9-10-30-28(33-26)34-11-13-39-14-12-34)32-29(38)40-17-24-22-7-3-1-5-20(22)21-6-2-4-8-23(21)24/h1-10,16,18,24-25H,11-15,17H2,(H,32,38)(H,36,37)/t25-/m0/s1. The number of morpholine rings is 1. The van der Waals surface area contributed by atoms with Crippen LogP contribution in [0.2, 0.25) is 0 Å². The Morgan fingerprint density at radius 3 is 2.42 bits per heavy atom. The first-order valence-electron chi connectivity index (χ1n) is 13.1. The molecule has 1 saturated heterocycles. The van der Waals surface area contributed by atoms with Crippen LogP contribution in [0.5, 0.6) is 0 Å². The maximum atomic E-state index is 12.7. The van der Waals surface area contributed by atoms with E-state index in [9.17, 15) is 14.7 Å². The van der Waals surface area contributed by atoms with E-state index < -0.39 is 18.1 Å². The Kier molecular flexibility index (Phi) is 7.11. The first-order chi connectivity index (χ1) is 19.6. The maximum Gasteiger partial charge on any atom is 0.407 e. The molecule has 0 saturated carbocycles. The summed E-state index contributed by atoms with van der Waals surface area (Å²) in [4.78, 5) is 40.0. The Balaban J connectivity index is 1.09. The molecule has 1 aliphatic heterocycles. The van der Waals surface area contributed by atoms with Crippen molar-refractivity contribution in [1.29, 1.82) is 0 Å². The maximum absolute atomic E-state index is 12.7. The summed E-state index contributed by atoms with van der Waals surface area (Å²) in [5.41, 5.74) is 4.88. The van der Waals surface area contributed by atoms with Crippen LogP contribution in [0.15, 0.2) is 73.3 Å². The number of carboxylic acids is 1. The van der Waals surface area contributed by atoms with E-state index >= 15 is 0 Å². The van der Waals surface area contributed by atoms with Gasteiger partial charge in [0.15, 0.2) is 0 Å². The van der Waals surface area contributed by atoms with Crippen LogP contribution < -0.4 is 10.2 Å². The van der Waals surface area contributed by atoms with Crippen LogP contribution in [0, 0.1) is 0 Å². The van der Waals surface area contributed by atoms with Gasteiger partial charge in [-0.15, -0.1) is 0 Å². The van der Waals surface area contributed by atoms with Crippen molar-refractivity contribution >= 4 is 18.0 Å². The lowest BCUT2D eigenvalue weighted by molar-refractivity contribution is -0.139. The van der Waals surface area contributed by atoms with Crippen molar-refractivity contribution in [2.45, 2.75) is 18.4 Å². The zero-order valence-electron chi connectivity index (χ0n) is 21.6. The molecule has 1 amide bonds. The van der Waals surface area contributed by atoms with Gasteiger partial charge in [-0.2, -0.15) is 4.98 Å². The Hall–Kier alpha value is -4.77. The van der Waals surface area contributed by atoms with Crippen LogP contribution in [0.25, 0.3) is 16.9 Å². The van der Waals surface area contributed by atoms with E-state index in [1.807, 2.05) is 41.3 Å². The van der Waals surface area contributed by atoms with Crippen LogP contribution in [-0.4, -0.2) is 75.6 Å². The molecule has 0 unspecified atom stereocenters. The zero-order valence-corrected chi connectivity index (χ0v) is 21.6.